The maximum Gasteiger partial charge on any atom is 0.254 e. The lowest BCUT2D eigenvalue weighted by Crippen LogP contribution is -2.40. The normalized spacial score (nSPS) is 15.7. The van der Waals surface area contributed by atoms with Crippen LogP contribution in [0.1, 0.15) is 34.5 Å². The van der Waals surface area contributed by atoms with Crippen LogP contribution in [0.25, 0.3) is 10.9 Å². The third-order valence-electron chi connectivity index (χ3n) is 6.56. The fourth-order valence-corrected chi connectivity index (χ4v) is 4.81. The largest absolute Gasteiger partial charge is 0.493 e. The van der Waals surface area contributed by atoms with Gasteiger partial charge in [0, 0.05) is 36.4 Å². The highest BCUT2D eigenvalue weighted by atomic mass is 16.5. The Kier molecular flexibility index (Phi) is 6.89. The summed E-state index contributed by atoms with van der Waals surface area (Å²) in [6, 6.07) is 21.5. The molecule has 178 valence electrons. The molecular weight excluding hydrogens is 438 g/mol. The minimum Gasteiger partial charge on any atom is -0.493 e. The zero-order valence-electron chi connectivity index (χ0n) is 19.9. The van der Waals surface area contributed by atoms with Crippen molar-refractivity contribution in [2.45, 2.75) is 25.9 Å². The van der Waals surface area contributed by atoms with Gasteiger partial charge in [-0.15, -0.1) is 0 Å². The minimum absolute atomic E-state index is 0.0274. The van der Waals surface area contributed by atoms with Gasteiger partial charge in [-0.25, -0.2) is 0 Å². The van der Waals surface area contributed by atoms with E-state index in [0.29, 0.717) is 29.6 Å². The predicted octanol–water partition coefficient (Wildman–Crippen LogP) is 5.31. The SMILES string of the molecule is COc1ccc(C(=O)N2CCCC(Cc3cccc4ncccc34)C2)cc1OCc1ccccn1. The molecule has 0 radical (unpaired) electrons. The highest BCUT2D eigenvalue weighted by Gasteiger charge is 2.26. The van der Waals surface area contributed by atoms with E-state index in [9.17, 15) is 4.79 Å². The average molecular weight is 468 g/mol. The molecule has 2 aromatic carbocycles. The molecule has 0 spiro atoms. The van der Waals surface area contributed by atoms with E-state index in [1.54, 1.807) is 25.4 Å². The number of amides is 1. The summed E-state index contributed by atoms with van der Waals surface area (Å²) in [5, 5.41) is 1.20. The molecule has 1 aliphatic heterocycles. The molecule has 0 N–H and O–H groups in total. The van der Waals surface area contributed by atoms with Gasteiger partial charge in [0.15, 0.2) is 11.5 Å². The number of carbonyl (C=O) groups excluding carboxylic acids is 1. The Morgan fingerprint density at radius 3 is 2.77 bits per heavy atom. The van der Waals surface area contributed by atoms with Crippen molar-refractivity contribution in [1.82, 2.24) is 14.9 Å². The van der Waals surface area contributed by atoms with E-state index in [4.69, 9.17) is 9.47 Å². The molecule has 5 rings (SSSR count). The van der Waals surface area contributed by atoms with Crippen LogP contribution in [0.4, 0.5) is 0 Å². The average Bonchev–Trinajstić information content (AvgIpc) is 2.92. The highest BCUT2D eigenvalue weighted by molar-refractivity contribution is 5.95. The smallest absolute Gasteiger partial charge is 0.254 e. The first-order chi connectivity index (χ1) is 17.2. The predicted molar refractivity (Wildman–Crippen MR) is 136 cm³/mol. The van der Waals surface area contributed by atoms with E-state index < -0.39 is 0 Å². The summed E-state index contributed by atoms with van der Waals surface area (Å²) in [7, 11) is 1.60. The maximum atomic E-state index is 13.4. The van der Waals surface area contributed by atoms with Crippen molar-refractivity contribution in [3.8, 4) is 11.5 Å². The van der Waals surface area contributed by atoms with Crippen molar-refractivity contribution in [3.63, 3.8) is 0 Å². The molecule has 1 unspecified atom stereocenters. The molecule has 3 heterocycles. The van der Waals surface area contributed by atoms with Gasteiger partial charge < -0.3 is 14.4 Å². The van der Waals surface area contributed by atoms with Crippen LogP contribution in [0.5, 0.6) is 11.5 Å². The molecule has 1 saturated heterocycles. The second-order valence-electron chi connectivity index (χ2n) is 8.93. The van der Waals surface area contributed by atoms with Crippen LogP contribution in [0.15, 0.2) is 79.1 Å². The van der Waals surface area contributed by atoms with Gasteiger partial charge in [-0.2, -0.15) is 0 Å². The molecule has 1 amide bonds. The maximum absolute atomic E-state index is 13.4. The molecule has 0 aliphatic carbocycles. The van der Waals surface area contributed by atoms with Crippen molar-refractivity contribution in [2.24, 2.45) is 5.92 Å². The Morgan fingerprint density at radius 1 is 1.00 bits per heavy atom. The quantitative estimate of drug-likeness (QED) is 0.368. The van der Waals surface area contributed by atoms with Crippen molar-refractivity contribution in [1.29, 1.82) is 0 Å². The van der Waals surface area contributed by atoms with Crippen LogP contribution in [-0.4, -0.2) is 41.0 Å². The Labute approximate surface area is 205 Å². The van der Waals surface area contributed by atoms with Gasteiger partial charge in [0.2, 0.25) is 0 Å². The van der Waals surface area contributed by atoms with Crippen LogP contribution in [-0.2, 0) is 13.0 Å². The van der Waals surface area contributed by atoms with Gasteiger partial charge >= 0.3 is 0 Å². The summed E-state index contributed by atoms with van der Waals surface area (Å²) < 4.78 is 11.4. The molecule has 2 aromatic heterocycles. The van der Waals surface area contributed by atoms with Gasteiger partial charge in [0.1, 0.15) is 6.61 Å². The minimum atomic E-state index is 0.0274. The van der Waals surface area contributed by atoms with Crippen molar-refractivity contribution < 1.29 is 14.3 Å². The molecule has 1 fully saturated rings. The second kappa shape index (κ2) is 10.6. The lowest BCUT2D eigenvalue weighted by molar-refractivity contribution is 0.0673. The van der Waals surface area contributed by atoms with Crippen LogP contribution in [0, 0.1) is 5.92 Å². The fraction of sp³-hybridized carbons (Fsp3) is 0.276. The Morgan fingerprint density at radius 2 is 1.91 bits per heavy atom. The van der Waals surface area contributed by atoms with Crippen LogP contribution in [0.2, 0.25) is 0 Å². The molecule has 0 bridgehead atoms. The highest BCUT2D eigenvalue weighted by Crippen LogP contribution is 2.31. The number of pyridine rings is 2. The molecule has 6 nitrogen and oxygen atoms in total. The lowest BCUT2D eigenvalue weighted by atomic mass is 9.89. The number of rotatable bonds is 7. The Balaban J connectivity index is 1.29. The number of piperidine rings is 1. The molecule has 35 heavy (non-hydrogen) atoms. The third-order valence-corrected chi connectivity index (χ3v) is 6.56. The molecular formula is C29H29N3O3. The number of fused-ring (bicyclic) bond motifs is 1. The number of hydrogen-bond donors (Lipinski definition) is 0. The van der Waals surface area contributed by atoms with Crippen LogP contribution in [0.3, 0.4) is 0 Å². The summed E-state index contributed by atoms with van der Waals surface area (Å²) in [4.78, 5) is 24.2. The summed E-state index contributed by atoms with van der Waals surface area (Å²) in [6.45, 7) is 1.81. The van der Waals surface area contributed by atoms with Gasteiger partial charge in [0.25, 0.3) is 5.91 Å². The number of aromatic nitrogens is 2. The van der Waals surface area contributed by atoms with Crippen molar-refractivity contribution in [2.75, 3.05) is 20.2 Å². The van der Waals surface area contributed by atoms with Gasteiger partial charge in [-0.05, 0) is 73.2 Å². The molecule has 1 atom stereocenters. The number of hydrogen-bond acceptors (Lipinski definition) is 5. The Hall–Kier alpha value is -3.93. The van der Waals surface area contributed by atoms with Crippen molar-refractivity contribution >= 4 is 16.8 Å². The fourth-order valence-electron chi connectivity index (χ4n) is 4.81. The third kappa shape index (κ3) is 5.27. The van der Waals surface area contributed by atoms with Gasteiger partial charge in [-0.1, -0.05) is 24.3 Å². The summed E-state index contributed by atoms with van der Waals surface area (Å²) in [5.74, 6) is 1.58. The number of nitrogens with zero attached hydrogens (tertiary/aromatic N) is 3. The van der Waals surface area contributed by atoms with Crippen molar-refractivity contribution in [3.05, 3.63) is 95.9 Å². The van der Waals surface area contributed by atoms with E-state index >= 15 is 0 Å². The Bertz CT molecular complexity index is 1300. The molecule has 4 aromatic rings. The monoisotopic (exact) mass is 467 g/mol. The first-order valence-corrected chi connectivity index (χ1v) is 12.0. The summed E-state index contributed by atoms with van der Waals surface area (Å²) >= 11 is 0. The van der Waals surface area contributed by atoms with E-state index in [1.807, 2.05) is 47.5 Å². The zero-order valence-corrected chi connectivity index (χ0v) is 19.9. The first-order valence-electron chi connectivity index (χ1n) is 12.0. The van der Waals surface area contributed by atoms with E-state index in [1.165, 1.54) is 10.9 Å². The number of methoxy groups -OCH3 is 1. The standard InChI is InChI=1S/C29H29N3O3/c1-34-27-13-12-23(18-28(27)35-20-24-9-2-3-14-30-24)29(33)32-16-6-7-21(19-32)17-22-8-4-11-26-25(22)10-5-15-31-26/h2-5,8-15,18,21H,6-7,16-17,19-20H2,1H3. The zero-order chi connectivity index (χ0) is 24.0. The second-order valence-corrected chi connectivity index (χ2v) is 8.93. The summed E-state index contributed by atoms with van der Waals surface area (Å²) in [6.07, 6.45) is 6.61. The number of benzene rings is 2. The van der Waals surface area contributed by atoms with Crippen LogP contribution >= 0.6 is 0 Å². The van der Waals surface area contributed by atoms with E-state index in [-0.39, 0.29) is 5.91 Å². The molecule has 1 aliphatic rings. The van der Waals surface area contributed by atoms with Gasteiger partial charge in [0.05, 0.1) is 18.3 Å². The van der Waals surface area contributed by atoms with E-state index in [0.717, 1.165) is 43.6 Å². The van der Waals surface area contributed by atoms with E-state index in [2.05, 4.69) is 28.2 Å². The van der Waals surface area contributed by atoms with Crippen LogP contribution < -0.4 is 9.47 Å². The lowest BCUT2D eigenvalue weighted by Gasteiger charge is -2.33. The number of carbonyl (C=O) groups is 1. The number of likely N-dealkylation sites (tertiary alicyclic amines) is 1. The topological polar surface area (TPSA) is 64.5 Å². The number of ether oxygens (including phenoxy) is 2. The van der Waals surface area contributed by atoms with Gasteiger partial charge in [-0.3, -0.25) is 14.8 Å². The first kappa shape index (κ1) is 22.8. The molecule has 0 saturated carbocycles. The molecule has 6 heteroatoms. The summed E-state index contributed by atoms with van der Waals surface area (Å²) in [5.41, 5.74) is 3.74.